The molecule has 1 atom stereocenters. The lowest BCUT2D eigenvalue weighted by Gasteiger charge is -2.36. The Morgan fingerprint density at radius 1 is 1.31 bits per heavy atom. The van der Waals surface area contributed by atoms with Gasteiger partial charge in [0.1, 0.15) is 5.78 Å². The lowest BCUT2D eigenvalue weighted by atomic mass is 9.81. The number of hydrogen-bond acceptors (Lipinski definition) is 3. The van der Waals surface area contributed by atoms with E-state index in [1.54, 1.807) is 0 Å². The van der Waals surface area contributed by atoms with Gasteiger partial charge in [-0.25, -0.2) is 0 Å². The fraction of sp³-hybridized carbons (Fsp3) is 0.923. The highest BCUT2D eigenvalue weighted by Gasteiger charge is 2.28. The quantitative estimate of drug-likeness (QED) is 0.721. The van der Waals surface area contributed by atoms with Crippen LogP contribution in [0.25, 0.3) is 0 Å². The second kappa shape index (κ2) is 5.28. The van der Waals surface area contributed by atoms with Crippen LogP contribution in [0.5, 0.6) is 0 Å². The number of piperidine rings is 1. The summed E-state index contributed by atoms with van der Waals surface area (Å²) in [7, 11) is 4.42. The molecular weight excluding hydrogens is 200 g/mol. The van der Waals surface area contributed by atoms with Crippen molar-refractivity contribution in [2.24, 2.45) is 5.92 Å². The van der Waals surface area contributed by atoms with Gasteiger partial charge < -0.3 is 9.80 Å². The van der Waals surface area contributed by atoms with Crippen LogP contribution in [0, 0.1) is 5.92 Å². The highest BCUT2D eigenvalue weighted by Crippen LogP contribution is 2.26. The van der Waals surface area contributed by atoms with Crippen LogP contribution in [-0.2, 0) is 4.79 Å². The minimum atomic E-state index is 0.397. The summed E-state index contributed by atoms with van der Waals surface area (Å²) in [5.41, 5.74) is 0. The van der Waals surface area contributed by atoms with Crippen molar-refractivity contribution in [1.82, 2.24) is 9.80 Å². The maximum absolute atomic E-state index is 11.2. The van der Waals surface area contributed by atoms with E-state index in [-0.39, 0.29) is 0 Å². The van der Waals surface area contributed by atoms with E-state index in [1.165, 1.54) is 25.9 Å². The van der Waals surface area contributed by atoms with Gasteiger partial charge in [-0.2, -0.15) is 0 Å². The number of hydrogen-bond donors (Lipinski definition) is 0. The Morgan fingerprint density at radius 2 is 2.00 bits per heavy atom. The Bertz CT molecular complexity index is 246. The first-order valence-corrected chi connectivity index (χ1v) is 6.58. The van der Waals surface area contributed by atoms with Crippen molar-refractivity contribution >= 4 is 5.78 Å². The second-order valence-corrected chi connectivity index (χ2v) is 5.51. The fourth-order valence-corrected chi connectivity index (χ4v) is 2.75. The first-order chi connectivity index (χ1) is 7.66. The molecule has 2 aliphatic rings. The van der Waals surface area contributed by atoms with Gasteiger partial charge in [0.25, 0.3) is 0 Å². The molecule has 1 unspecified atom stereocenters. The third-order valence-corrected chi connectivity index (χ3v) is 4.34. The summed E-state index contributed by atoms with van der Waals surface area (Å²) in [4.78, 5) is 16.1. The van der Waals surface area contributed by atoms with Crippen LogP contribution in [0.4, 0.5) is 0 Å². The minimum Gasteiger partial charge on any atom is -0.306 e. The zero-order valence-corrected chi connectivity index (χ0v) is 10.6. The van der Waals surface area contributed by atoms with E-state index in [2.05, 4.69) is 23.9 Å². The molecule has 3 heteroatoms. The van der Waals surface area contributed by atoms with Crippen LogP contribution >= 0.6 is 0 Å². The van der Waals surface area contributed by atoms with Gasteiger partial charge in [-0.3, -0.25) is 4.79 Å². The molecule has 0 aromatic heterocycles. The predicted molar refractivity (Wildman–Crippen MR) is 65.5 cm³/mol. The molecule has 0 amide bonds. The maximum Gasteiger partial charge on any atom is 0.136 e. The number of carbonyl (C=O) groups is 1. The Kier molecular flexibility index (Phi) is 3.98. The molecule has 2 fully saturated rings. The van der Waals surface area contributed by atoms with Crippen LogP contribution in [0.3, 0.4) is 0 Å². The van der Waals surface area contributed by atoms with E-state index >= 15 is 0 Å². The van der Waals surface area contributed by atoms with Crippen molar-refractivity contribution in [3.8, 4) is 0 Å². The van der Waals surface area contributed by atoms with E-state index in [1.807, 2.05) is 0 Å². The van der Waals surface area contributed by atoms with Crippen LogP contribution in [-0.4, -0.2) is 55.4 Å². The monoisotopic (exact) mass is 224 g/mol. The average Bonchev–Trinajstić information content (AvgIpc) is 2.28. The lowest BCUT2D eigenvalue weighted by Crippen LogP contribution is -2.43. The first-order valence-electron chi connectivity index (χ1n) is 6.58. The maximum atomic E-state index is 11.2. The molecule has 2 rings (SSSR count). The van der Waals surface area contributed by atoms with E-state index in [4.69, 9.17) is 0 Å². The smallest absolute Gasteiger partial charge is 0.136 e. The van der Waals surface area contributed by atoms with Gasteiger partial charge in [0.2, 0.25) is 0 Å². The van der Waals surface area contributed by atoms with Gasteiger partial charge in [-0.1, -0.05) is 0 Å². The normalized spacial score (nSPS) is 28.4. The summed E-state index contributed by atoms with van der Waals surface area (Å²) < 4.78 is 0. The zero-order valence-electron chi connectivity index (χ0n) is 10.6. The number of carbonyl (C=O) groups excluding carboxylic acids is 1. The van der Waals surface area contributed by atoms with E-state index < -0.39 is 0 Å². The predicted octanol–water partition coefficient (Wildman–Crippen LogP) is 1.38. The minimum absolute atomic E-state index is 0.397. The molecule has 0 radical (unpaired) electrons. The Labute approximate surface area is 98.8 Å². The number of Topliss-reactive ketones (excluding diaryl/α,β-unsaturated/α-hetero) is 1. The Balaban J connectivity index is 1.67. The third-order valence-electron chi connectivity index (χ3n) is 4.34. The van der Waals surface area contributed by atoms with Crippen LogP contribution in [0.2, 0.25) is 0 Å². The zero-order chi connectivity index (χ0) is 11.5. The van der Waals surface area contributed by atoms with Crippen LogP contribution in [0.15, 0.2) is 0 Å². The van der Waals surface area contributed by atoms with Crippen molar-refractivity contribution in [2.45, 2.75) is 38.1 Å². The van der Waals surface area contributed by atoms with Gasteiger partial charge >= 0.3 is 0 Å². The van der Waals surface area contributed by atoms with Gasteiger partial charge in [-0.15, -0.1) is 0 Å². The van der Waals surface area contributed by atoms with Crippen molar-refractivity contribution < 1.29 is 4.79 Å². The van der Waals surface area contributed by atoms with Gasteiger partial charge in [0, 0.05) is 18.4 Å². The average molecular weight is 224 g/mol. The van der Waals surface area contributed by atoms with Gasteiger partial charge in [-0.05, 0) is 59.4 Å². The summed E-state index contributed by atoms with van der Waals surface area (Å²) in [6.07, 6.45) is 5.63. The number of rotatable bonds is 4. The molecule has 0 N–H and O–H groups in total. The molecule has 16 heavy (non-hydrogen) atoms. The molecule has 1 aliphatic heterocycles. The lowest BCUT2D eigenvalue weighted by molar-refractivity contribution is -0.129. The van der Waals surface area contributed by atoms with Gasteiger partial charge in [0.05, 0.1) is 0 Å². The molecule has 1 saturated carbocycles. The molecular formula is C13H24N2O. The standard InChI is InChI=1S/C13H24N2O/c1-14-8-6-12(7-9-14)15(2)10-5-11-3-4-13(11)16/h11-12H,3-10H2,1-2H3. The molecule has 1 aliphatic carbocycles. The van der Waals surface area contributed by atoms with Crippen molar-refractivity contribution in [2.75, 3.05) is 33.7 Å². The number of nitrogens with zero attached hydrogens (tertiary/aromatic N) is 2. The Morgan fingerprint density at radius 3 is 2.50 bits per heavy atom. The Hall–Kier alpha value is -0.410. The molecule has 0 bridgehead atoms. The number of ketones is 1. The first kappa shape index (κ1) is 12.1. The topological polar surface area (TPSA) is 23.6 Å². The molecule has 3 nitrogen and oxygen atoms in total. The van der Waals surface area contributed by atoms with Crippen LogP contribution in [0.1, 0.15) is 32.1 Å². The summed E-state index contributed by atoms with van der Waals surface area (Å²) in [6, 6.07) is 0.742. The molecule has 0 spiro atoms. The second-order valence-electron chi connectivity index (χ2n) is 5.51. The molecule has 1 heterocycles. The van der Waals surface area contributed by atoms with E-state index in [9.17, 15) is 4.79 Å². The highest BCUT2D eigenvalue weighted by molar-refractivity contribution is 5.86. The molecule has 0 aromatic rings. The molecule has 1 saturated heterocycles. The summed E-state index contributed by atoms with van der Waals surface area (Å²) in [6.45, 7) is 3.54. The van der Waals surface area contributed by atoms with Crippen molar-refractivity contribution in [1.29, 1.82) is 0 Å². The molecule has 92 valence electrons. The van der Waals surface area contributed by atoms with Crippen LogP contribution < -0.4 is 0 Å². The van der Waals surface area contributed by atoms with E-state index in [0.29, 0.717) is 11.7 Å². The van der Waals surface area contributed by atoms with Gasteiger partial charge in [0.15, 0.2) is 0 Å². The van der Waals surface area contributed by atoms with E-state index in [0.717, 1.165) is 31.8 Å². The number of likely N-dealkylation sites (tertiary alicyclic amines) is 1. The SMILES string of the molecule is CN1CCC(N(C)CCC2CCC2=O)CC1. The summed E-state index contributed by atoms with van der Waals surface area (Å²) in [5.74, 6) is 0.894. The molecule has 0 aromatic carbocycles. The van der Waals surface area contributed by atoms with Crippen molar-refractivity contribution in [3.63, 3.8) is 0 Å². The third kappa shape index (κ3) is 2.83. The van der Waals surface area contributed by atoms with Crippen molar-refractivity contribution in [3.05, 3.63) is 0 Å². The fourth-order valence-electron chi connectivity index (χ4n) is 2.75. The largest absolute Gasteiger partial charge is 0.306 e. The highest BCUT2D eigenvalue weighted by atomic mass is 16.1. The summed E-state index contributed by atoms with van der Waals surface area (Å²) in [5, 5.41) is 0. The summed E-state index contributed by atoms with van der Waals surface area (Å²) >= 11 is 0.